The summed E-state index contributed by atoms with van der Waals surface area (Å²) >= 11 is 0. The largest absolute Gasteiger partial charge is 0.432 e. The van der Waals surface area contributed by atoms with Gasteiger partial charge in [0.15, 0.2) is 0 Å². The van der Waals surface area contributed by atoms with E-state index in [1.807, 2.05) is 0 Å². The number of hydrogen-bond donors (Lipinski definition) is 0. The molecule has 0 spiro atoms. The van der Waals surface area contributed by atoms with Crippen molar-refractivity contribution in [3.8, 4) is 5.75 Å². The van der Waals surface area contributed by atoms with Gasteiger partial charge in [-0.1, -0.05) is 13.3 Å². The van der Waals surface area contributed by atoms with E-state index in [0.29, 0.717) is 24.6 Å². The van der Waals surface area contributed by atoms with E-state index in [-0.39, 0.29) is 24.1 Å². The van der Waals surface area contributed by atoms with Crippen molar-refractivity contribution in [2.45, 2.75) is 32.1 Å². The Labute approximate surface area is 143 Å². The van der Waals surface area contributed by atoms with E-state index >= 15 is 0 Å². The van der Waals surface area contributed by atoms with Gasteiger partial charge in [-0.05, 0) is 36.2 Å². The number of hydrogen-bond acceptors (Lipinski definition) is 1. The molecule has 0 aliphatic rings. The van der Waals surface area contributed by atoms with E-state index in [1.54, 1.807) is 6.92 Å². The molecule has 9 heteroatoms. The molecule has 0 aromatic heterocycles. The molecule has 2 aromatic rings. The Hall–Kier alpha value is -2.32. The quantitative estimate of drug-likeness (QED) is 0.558. The van der Waals surface area contributed by atoms with Crippen LogP contribution in [0.3, 0.4) is 0 Å². The zero-order valence-corrected chi connectivity index (χ0v) is 13.2. The lowest BCUT2D eigenvalue weighted by Gasteiger charge is -2.20. The maximum absolute atomic E-state index is 14.1. The van der Waals surface area contributed by atoms with E-state index in [9.17, 15) is 35.1 Å². The van der Waals surface area contributed by atoms with Crippen LogP contribution in [0.4, 0.5) is 35.1 Å². The van der Waals surface area contributed by atoms with Crippen molar-refractivity contribution >= 4 is 0 Å². The fourth-order valence-corrected chi connectivity index (χ4v) is 2.32. The fraction of sp³-hybridized carbons (Fsp3) is 0.294. The lowest BCUT2D eigenvalue weighted by Crippen LogP contribution is -2.25. The first kappa shape index (κ1) is 20.0. The summed E-state index contributed by atoms with van der Waals surface area (Å²) in [4.78, 5) is 0. The van der Waals surface area contributed by atoms with Gasteiger partial charge in [-0.3, -0.25) is 0 Å². The van der Waals surface area contributed by atoms with E-state index in [4.69, 9.17) is 0 Å². The monoisotopic (exact) mass is 384 g/mol. The van der Waals surface area contributed by atoms with Crippen LogP contribution in [0.15, 0.2) is 30.3 Å². The molecule has 0 amide bonds. The van der Waals surface area contributed by atoms with Gasteiger partial charge in [-0.25, -0.2) is 13.2 Å². The van der Waals surface area contributed by atoms with Crippen molar-refractivity contribution in [2.24, 2.45) is 0 Å². The minimum absolute atomic E-state index is 0.0675. The molecule has 0 aliphatic heterocycles. The predicted octanol–water partition coefficient (Wildman–Crippen LogP) is 6.20. The Bertz CT molecular complexity index is 775. The van der Waals surface area contributed by atoms with Gasteiger partial charge in [0.1, 0.15) is 28.8 Å². The third-order valence-electron chi connectivity index (χ3n) is 3.42. The van der Waals surface area contributed by atoms with E-state index < -0.39 is 46.6 Å². The number of benzene rings is 2. The molecular weight excluding hydrogens is 372 g/mol. The highest BCUT2D eigenvalue weighted by molar-refractivity contribution is 5.33. The molecule has 0 aliphatic carbocycles. The molecule has 0 bridgehead atoms. The number of alkyl halides is 5. The van der Waals surface area contributed by atoms with Gasteiger partial charge in [0.05, 0.1) is 5.56 Å². The summed E-state index contributed by atoms with van der Waals surface area (Å²) in [5.74, 6) is -6.03. The second-order valence-electron chi connectivity index (χ2n) is 5.44. The molecule has 0 saturated carbocycles. The Balaban J connectivity index is 2.36. The summed E-state index contributed by atoms with van der Waals surface area (Å²) in [7, 11) is 0. The third kappa shape index (κ3) is 4.25. The summed E-state index contributed by atoms with van der Waals surface area (Å²) < 4.78 is 111. The highest BCUT2D eigenvalue weighted by Crippen LogP contribution is 2.38. The second-order valence-corrected chi connectivity index (χ2v) is 5.44. The molecule has 1 nitrogen and oxygen atoms in total. The Morgan fingerprint density at radius 1 is 0.846 bits per heavy atom. The van der Waals surface area contributed by atoms with Crippen LogP contribution in [0.1, 0.15) is 30.0 Å². The van der Waals surface area contributed by atoms with Crippen LogP contribution in [-0.4, -0.2) is 0 Å². The van der Waals surface area contributed by atoms with Crippen LogP contribution in [0, 0.1) is 17.5 Å². The topological polar surface area (TPSA) is 9.23 Å². The predicted molar refractivity (Wildman–Crippen MR) is 76.3 cm³/mol. The van der Waals surface area contributed by atoms with Gasteiger partial charge in [-0.15, -0.1) is 0 Å². The van der Waals surface area contributed by atoms with Crippen LogP contribution in [0.2, 0.25) is 0 Å². The van der Waals surface area contributed by atoms with Gasteiger partial charge in [0.25, 0.3) is 0 Å². The van der Waals surface area contributed by atoms with Crippen LogP contribution >= 0.6 is 0 Å². The molecule has 0 N–H and O–H groups in total. The normalized spacial score (nSPS) is 12.3. The SMILES string of the molecule is CCCc1cc(F)c(C(F)(F)Oc2ccc(C(F)(F)F)c(F)c2)c(F)c1. The van der Waals surface area contributed by atoms with Crippen LogP contribution in [0.25, 0.3) is 0 Å². The number of halogens is 8. The number of ether oxygens (including phenoxy) is 1. The first-order valence-electron chi connectivity index (χ1n) is 7.37. The Morgan fingerprint density at radius 2 is 1.42 bits per heavy atom. The highest BCUT2D eigenvalue weighted by Gasteiger charge is 2.42. The average molecular weight is 384 g/mol. The summed E-state index contributed by atoms with van der Waals surface area (Å²) in [6.45, 7) is 1.72. The maximum Gasteiger partial charge on any atom is 0.432 e. The van der Waals surface area contributed by atoms with Crippen molar-refractivity contribution in [2.75, 3.05) is 0 Å². The molecule has 0 unspecified atom stereocenters. The molecule has 0 saturated heterocycles. The third-order valence-corrected chi connectivity index (χ3v) is 3.42. The van der Waals surface area contributed by atoms with Crippen LogP contribution < -0.4 is 4.74 Å². The first-order chi connectivity index (χ1) is 12.0. The molecule has 0 atom stereocenters. The number of aryl methyl sites for hydroxylation is 1. The van der Waals surface area contributed by atoms with Crippen molar-refractivity contribution < 1.29 is 39.9 Å². The van der Waals surface area contributed by atoms with E-state index in [0.717, 1.165) is 0 Å². The Kier molecular flexibility index (Phi) is 5.48. The first-order valence-corrected chi connectivity index (χ1v) is 7.37. The van der Waals surface area contributed by atoms with Crippen LogP contribution in [-0.2, 0) is 18.7 Å². The summed E-state index contributed by atoms with van der Waals surface area (Å²) in [6.07, 6.45) is -8.82. The van der Waals surface area contributed by atoms with Crippen molar-refractivity contribution in [3.63, 3.8) is 0 Å². The summed E-state index contributed by atoms with van der Waals surface area (Å²) in [5.41, 5.74) is -3.24. The fourth-order valence-electron chi connectivity index (χ4n) is 2.32. The van der Waals surface area contributed by atoms with Crippen molar-refractivity contribution in [1.82, 2.24) is 0 Å². The molecule has 0 fully saturated rings. The molecule has 26 heavy (non-hydrogen) atoms. The summed E-state index contributed by atoms with van der Waals surface area (Å²) in [6, 6.07) is 2.12. The maximum atomic E-state index is 14.1. The van der Waals surface area contributed by atoms with Gasteiger partial charge in [0.2, 0.25) is 0 Å². The molecule has 2 aromatic carbocycles. The van der Waals surface area contributed by atoms with Gasteiger partial charge in [-0.2, -0.15) is 22.0 Å². The van der Waals surface area contributed by atoms with E-state index in [2.05, 4.69) is 4.74 Å². The summed E-state index contributed by atoms with van der Waals surface area (Å²) in [5, 5.41) is 0. The van der Waals surface area contributed by atoms with Crippen molar-refractivity contribution in [1.29, 1.82) is 0 Å². The zero-order valence-electron chi connectivity index (χ0n) is 13.2. The smallest absolute Gasteiger partial charge is 0.429 e. The van der Waals surface area contributed by atoms with Gasteiger partial charge < -0.3 is 4.74 Å². The standard InChI is InChI=1S/C17H12F8O/c1-2-3-9-6-13(19)15(14(20)7-9)17(24,25)26-10-4-5-11(12(18)8-10)16(21,22)23/h4-8H,2-3H2,1H3. The molecular formula is C17H12F8O. The van der Waals surface area contributed by atoms with Gasteiger partial charge in [0, 0.05) is 6.07 Å². The average Bonchev–Trinajstić information content (AvgIpc) is 2.44. The van der Waals surface area contributed by atoms with Crippen LogP contribution in [0.5, 0.6) is 5.75 Å². The molecule has 0 heterocycles. The van der Waals surface area contributed by atoms with Gasteiger partial charge >= 0.3 is 12.3 Å². The highest BCUT2D eigenvalue weighted by atomic mass is 19.4. The minimum atomic E-state index is -5.03. The Morgan fingerprint density at radius 3 is 1.88 bits per heavy atom. The lowest BCUT2D eigenvalue weighted by atomic mass is 10.1. The van der Waals surface area contributed by atoms with E-state index in [1.165, 1.54) is 0 Å². The second kappa shape index (κ2) is 7.13. The number of rotatable bonds is 5. The lowest BCUT2D eigenvalue weighted by molar-refractivity contribution is -0.189. The minimum Gasteiger partial charge on any atom is -0.429 e. The van der Waals surface area contributed by atoms with Crippen molar-refractivity contribution in [3.05, 3.63) is 64.5 Å². The molecule has 2 rings (SSSR count). The zero-order chi connectivity index (χ0) is 19.7. The molecule has 142 valence electrons. The molecule has 0 radical (unpaired) electrons.